The summed E-state index contributed by atoms with van der Waals surface area (Å²) in [7, 11) is 1.40. The third-order valence-electron chi connectivity index (χ3n) is 1.65. The summed E-state index contributed by atoms with van der Waals surface area (Å²) in [5.74, 6) is -0.357. The van der Waals surface area contributed by atoms with E-state index in [0.717, 1.165) is 5.56 Å². The van der Waals surface area contributed by atoms with Crippen LogP contribution in [-0.2, 0) is 4.74 Å². The van der Waals surface area contributed by atoms with Gasteiger partial charge in [0, 0.05) is 5.56 Å². The van der Waals surface area contributed by atoms with Gasteiger partial charge in [0.1, 0.15) is 5.82 Å². The molecule has 0 unspecified atom stereocenters. The monoisotopic (exact) mass is 167 g/mol. The number of hydrogen-bond acceptors (Lipinski definition) is 2. The predicted octanol–water partition coefficient (Wildman–Crippen LogP) is 2.11. The Morgan fingerprint density at radius 2 is 2.17 bits per heavy atom. The smallest absolute Gasteiger partial charge is 0.213 e. The Labute approximate surface area is 70.5 Å². The molecule has 64 valence electrons. The van der Waals surface area contributed by atoms with Gasteiger partial charge in [0.15, 0.2) is 0 Å². The van der Waals surface area contributed by atoms with E-state index >= 15 is 0 Å². The molecule has 0 aliphatic carbocycles. The molecule has 0 spiro atoms. The molecular formula is C9H10FNO. The molecule has 0 amide bonds. The van der Waals surface area contributed by atoms with E-state index in [1.54, 1.807) is 6.07 Å². The van der Waals surface area contributed by atoms with Gasteiger partial charge in [-0.2, -0.15) is 0 Å². The van der Waals surface area contributed by atoms with Crippen molar-refractivity contribution in [2.24, 2.45) is 0 Å². The maximum Gasteiger partial charge on any atom is 0.213 e. The van der Waals surface area contributed by atoms with E-state index in [1.165, 1.54) is 19.2 Å². The quantitative estimate of drug-likeness (QED) is 0.504. The van der Waals surface area contributed by atoms with Crippen LogP contribution in [-0.4, -0.2) is 13.0 Å². The summed E-state index contributed by atoms with van der Waals surface area (Å²) in [4.78, 5) is 0. The van der Waals surface area contributed by atoms with Crippen LogP contribution in [0.1, 0.15) is 11.1 Å². The summed E-state index contributed by atoms with van der Waals surface area (Å²) in [6.07, 6.45) is 0. The van der Waals surface area contributed by atoms with Crippen LogP contribution < -0.4 is 0 Å². The van der Waals surface area contributed by atoms with Crippen LogP contribution in [0.5, 0.6) is 0 Å². The number of rotatable bonds is 1. The Balaban J connectivity index is 3.13. The molecule has 1 aromatic carbocycles. The van der Waals surface area contributed by atoms with Gasteiger partial charge in [0.05, 0.1) is 7.11 Å². The van der Waals surface area contributed by atoms with E-state index in [0.29, 0.717) is 5.56 Å². The first kappa shape index (κ1) is 8.71. The Morgan fingerprint density at radius 1 is 1.50 bits per heavy atom. The first-order valence-corrected chi connectivity index (χ1v) is 3.54. The second kappa shape index (κ2) is 3.34. The zero-order chi connectivity index (χ0) is 9.14. The second-order valence-electron chi connectivity index (χ2n) is 2.49. The van der Waals surface area contributed by atoms with Gasteiger partial charge in [-0.3, -0.25) is 5.41 Å². The van der Waals surface area contributed by atoms with Gasteiger partial charge in [0.2, 0.25) is 5.90 Å². The van der Waals surface area contributed by atoms with Crippen LogP contribution in [0.3, 0.4) is 0 Å². The zero-order valence-corrected chi connectivity index (χ0v) is 7.02. The lowest BCUT2D eigenvalue weighted by Gasteiger charge is -2.05. The summed E-state index contributed by atoms with van der Waals surface area (Å²) in [6, 6.07) is 4.28. The fourth-order valence-corrected chi connectivity index (χ4v) is 0.949. The molecule has 1 rings (SSSR count). The van der Waals surface area contributed by atoms with Crippen LogP contribution in [0.15, 0.2) is 18.2 Å². The summed E-state index contributed by atoms with van der Waals surface area (Å²) in [5.41, 5.74) is 1.33. The maximum absolute atomic E-state index is 12.7. The van der Waals surface area contributed by atoms with Crippen molar-refractivity contribution in [1.82, 2.24) is 0 Å². The Morgan fingerprint density at radius 3 is 2.75 bits per heavy atom. The molecule has 0 heterocycles. The number of methoxy groups -OCH3 is 1. The van der Waals surface area contributed by atoms with E-state index in [-0.39, 0.29) is 11.7 Å². The van der Waals surface area contributed by atoms with Gasteiger partial charge in [-0.05, 0) is 24.6 Å². The number of hydrogen-bond donors (Lipinski definition) is 1. The molecule has 0 aliphatic rings. The second-order valence-corrected chi connectivity index (χ2v) is 2.49. The van der Waals surface area contributed by atoms with E-state index in [9.17, 15) is 4.39 Å². The standard InChI is InChI=1S/C9H10FNO/c1-6-3-4-7(10)5-8(6)9(11)12-2/h3-5,11H,1-2H3. The lowest BCUT2D eigenvalue weighted by molar-refractivity contribution is 0.400. The van der Waals surface area contributed by atoms with Crippen molar-refractivity contribution in [2.75, 3.05) is 7.11 Å². The lowest BCUT2D eigenvalue weighted by Crippen LogP contribution is -2.04. The topological polar surface area (TPSA) is 33.1 Å². The Kier molecular flexibility index (Phi) is 2.43. The average Bonchev–Trinajstić information content (AvgIpc) is 2.08. The fraction of sp³-hybridized carbons (Fsp3) is 0.222. The highest BCUT2D eigenvalue weighted by molar-refractivity contribution is 5.92. The molecule has 0 aliphatic heterocycles. The van der Waals surface area contributed by atoms with Crippen LogP contribution in [0.2, 0.25) is 0 Å². The number of nitrogens with one attached hydrogen (secondary N) is 1. The van der Waals surface area contributed by atoms with Gasteiger partial charge in [-0.1, -0.05) is 6.07 Å². The number of ether oxygens (including phenoxy) is 1. The molecule has 0 bridgehead atoms. The van der Waals surface area contributed by atoms with Crippen molar-refractivity contribution in [1.29, 1.82) is 5.41 Å². The van der Waals surface area contributed by atoms with Gasteiger partial charge in [0.25, 0.3) is 0 Å². The van der Waals surface area contributed by atoms with Crippen molar-refractivity contribution in [3.05, 3.63) is 35.1 Å². The van der Waals surface area contributed by atoms with Gasteiger partial charge in [-0.15, -0.1) is 0 Å². The number of aryl methyl sites for hydroxylation is 1. The largest absolute Gasteiger partial charge is 0.481 e. The number of halogens is 1. The first-order chi connectivity index (χ1) is 5.65. The van der Waals surface area contributed by atoms with E-state index in [1.807, 2.05) is 6.92 Å². The maximum atomic E-state index is 12.7. The van der Waals surface area contributed by atoms with Crippen LogP contribution in [0, 0.1) is 18.2 Å². The highest BCUT2D eigenvalue weighted by atomic mass is 19.1. The van der Waals surface area contributed by atoms with E-state index in [2.05, 4.69) is 4.74 Å². The van der Waals surface area contributed by atoms with E-state index in [4.69, 9.17) is 5.41 Å². The van der Waals surface area contributed by atoms with Crippen molar-refractivity contribution in [3.63, 3.8) is 0 Å². The molecular weight excluding hydrogens is 157 g/mol. The summed E-state index contributed by atoms with van der Waals surface area (Å²) in [6.45, 7) is 1.81. The fourth-order valence-electron chi connectivity index (χ4n) is 0.949. The van der Waals surface area contributed by atoms with Crippen molar-refractivity contribution in [3.8, 4) is 0 Å². The molecule has 0 saturated carbocycles. The summed E-state index contributed by atoms with van der Waals surface area (Å²) in [5, 5.41) is 7.33. The third kappa shape index (κ3) is 1.61. The molecule has 1 N–H and O–H groups in total. The summed E-state index contributed by atoms with van der Waals surface area (Å²) >= 11 is 0. The normalized spacial score (nSPS) is 9.58. The molecule has 3 heteroatoms. The third-order valence-corrected chi connectivity index (χ3v) is 1.65. The van der Waals surface area contributed by atoms with Crippen LogP contribution in [0.4, 0.5) is 4.39 Å². The average molecular weight is 167 g/mol. The van der Waals surface area contributed by atoms with Crippen LogP contribution in [0.25, 0.3) is 0 Å². The van der Waals surface area contributed by atoms with Gasteiger partial charge < -0.3 is 4.74 Å². The highest BCUT2D eigenvalue weighted by Crippen LogP contribution is 2.10. The predicted molar refractivity (Wildman–Crippen MR) is 45.0 cm³/mol. The van der Waals surface area contributed by atoms with Crippen molar-refractivity contribution in [2.45, 2.75) is 6.92 Å². The molecule has 2 nitrogen and oxygen atoms in total. The molecule has 0 fully saturated rings. The molecule has 1 aromatic rings. The summed E-state index contributed by atoms with van der Waals surface area (Å²) < 4.78 is 17.4. The van der Waals surface area contributed by atoms with Crippen LogP contribution >= 0.6 is 0 Å². The van der Waals surface area contributed by atoms with Crippen molar-refractivity contribution >= 4 is 5.90 Å². The molecule has 0 saturated heterocycles. The van der Waals surface area contributed by atoms with Gasteiger partial charge in [-0.25, -0.2) is 4.39 Å². The van der Waals surface area contributed by atoms with Gasteiger partial charge >= 0.3 is 0 Å². The minimum absolute atomic E-state index is 0.00741. The lowest BCUT2D eigenvalue weighted by atomic mass is 10.1. The molecule has 0 radical (unpaired) electrons. The Hall–Kier alpha value is -1.38. The molecule has 0 aromatic heterocycles. The minimum atomic E-state index is -0.350. The first-order valence-electron chi connectivity index (χ1n) is 3.54. The molecule has 0 atom stereocenters. The van der Waals surface area contributed by atoms with E-state index < -0.39 is 0 Å². The number of benzene rings is 1. The highest BCUT2D eigenvalue weighted by Gasteiger charge is 2.05. The molecule has 12 heavy (non-hydrogen) atoms. The minimum Gasteiger partial charge on any atom is -0.481 e. The van der Waals surface area contributed by atoms with Crippen molar-refractivity contribution < 1.29 is 9.13 Å². The Bertz CT molecular complexity index is 309. The zero-order valence-electron chi connectivity index (χ0n) is 7.02. The SMILES string of the molecule is COC(=N)c1cc(F)ccc1C.